The Morgan fingerprint density at radius 2 is 1.71 bits per heavy atom. The van der Waals surface area contributed by atoms with Gasteiger partial charge >= 0.3 is 0 Å². The molecule has 0 aliphatic carbocycles. The number of halogens is 2. The number of nitrogen functional groups attached to an aromatic ring is 1. The van der Waals surface area contributed by atoms with E-state index in [2.05, 4.69) is 9.97 Å². The van der Waals surface area contributed by atoms with E-state index in [-0.39, 0.29) is 10.6 Å². The van der Waals surface area contributed by atoms with Crippen LogP contribution < -0.4 is 5.73 Å². The number of hydrogen-bond acceptors (Lipinski definition) is 4. The third-order valence-electron chi connectivity index (χ3n) is 1.99. The standard InChI is InChI=1S/C11H9F2N3S/c12-8-4-7(14)5-9(13)11(8)17-6-10-15-2-1-3-16-10/h1-5H,6,14H2. The van der Waals surface area contributed by atoms with Gasteiger partial charge in [-0.15, -0.1) is 11.8 Å². The fourth-order valence-corrected chi connectivity index (χ4v) is 2.07. The minimum atomic E-state index is -0.663. The first-order valence-electron chi connectivity index (χ1n) is 4.80. The van der Waals surface area contributed by atoms with E-state index < -0.39 is 11.6 Å². The first-order chi connectivity index (χ1) is 8.16. The highest BCUT2D eigenvalue weighted by Crippen LogP contribution is 2.28. The van der Waals surface area contributed by atoms with Crippen molar-refractivity contribution in [3.63, 3.8) is 0 Å². The molecule has 0 fully saturated rings. The molecule has 1 aromatic carbocycles. The van der Waals surface area contributed by atoms with Gasteiger partial charge in [-0.1, -0.05) is 0 Å². The molecule has 0 radical (unpaired) electrons. The van der Waals surface area contributed by atoms with Crippen LogP contribution in [0.25, 0.3) is 0 Å². The molecule has 0 aliphatic heterocycles. The highest BCUT2D eigenvalue weighted by molar-refractivity contribution is 7.98. The van der Waals surface area contributed by atoms with Crippen LogP contribution in [0.2, 0.25) is 0 Å². The van der Waals surface area contributed by atoms with E-state index in [1.165, 1.54) is 0 Å². The molecule has 88 valence electrons. The second-order valence-corrected chi connectivity index (χ2v) is 4.25. The van der Waals surface area contributed by atoms with Gasteiger partial charge in [0.1, 0.15) is 17.5 Å². The Bertz CT molecular complexity index is 496. The van der Waals surface area contributed by atoms with Crippen molar-refractivity contribution in [2.75, 3.05) is 5.73 Å². The van der Waals surface area contributed by atoms with E-state index in [0.717, 1.165) is 23.9 Å². The molecule has 0 spiro atoms. The molecule has 1 aromatic heterocycles. The normalized spacial score (nSPS) is 10.5. The van der Waals surface area contributed by atoms with Gasteiger partial charge in [-0.05, 0) is 18.2 Å². The van der Waals surface area contributed by atoms with Gasteiger partial charge in [-0.25, -0.2) is 18.7 Å². The summed E-state index contributed by atoms with van der Waals surface area (Å²) in [4.78, 5) is 7.88. The number of thioether (sulfide) groups is 1. The van der Waals surface area contributed by atoms with Crippen molar-refractivity contribution in [3.05, 3.63) is 48.1 Å². The van der Waals surface area contributed by atoms with Gasteiger partial charge in [0, 0.05) is 18.1 Å². The molecular formula is C11H9F2N3S. The fourth-order valence-electron chi connectivity index (χ4n) is 1.26. The molecule has 3 nitrogen and oxygen atoms in total. The Kier molecular flexibility index (Phi) is 3.53. The zero-order valence-corrected chi connectivity index (χ0v) is 9.55. The summed E-state index contributed by atoms with van der Waals surface area (Å²) < 4.78 is 26.9. The molecule has 0 saturated carbocycles. The van der Waals surface area contributed by atoms with Crippen molar-refractivity contribution in [2.45, 2.75) is 10.6 Å². The molecule has 0 amide bonds. The van der Waals surface area contributed by atoms with Gasteiger partial charge in [-0.2, -0.15) is 0 Å². The van der Waals surface area contributed by atoms with Crippen molar-refractivity contribution in [2.24, 2.45) is 0 Å². The predicted molar refractivity (Wildman–Crippen MR) is 62.4 cm³/mol. The summed E-state index contributed by atoms with van der Waals surface area (Å²) in [5.74, 6) is -0.501. The Balaban J connectivity index is 2.15. The van der Waals surface area contributed by atoms with Gasteiger partial charge in [-0.3, -0.25) is 0 Å². The Labute approximate surface area is 101 Å². The zero-order chi connectivity index (χ0) is 12.3. The average Bonchev–Trinajstić information content (AvgIpc) is 2.29. The SMILES string of the molecule is Nc1cc(F)c(SCc2ncccn2)c(F)c1. The van der Waals surface area contributed by atoms with Crippen molar-refractivity contribution < 1.29 is 8.78 Å². The summed E-state index contributed by atoms with van der Waals surface area (Å²) in [6, 6.07) is 3.87. The van der Waals surface area contributed by atoms with E-state index in [9.17, 15) is 8.78 Å². The fraction of sp³-hybridized carbons (Fsp3) is 0.0909. The lowest BCUT2D eigenvalue weighted by molar-refractivity contribution is 0.542. The van der Waals surface area contributed by atoms with Gasteiger partial charge in [0.25, 0.3) is 0 Å². The molecule has 1 heterocycles. The molecule has 6 heteroatoms. The van der Waals surface area contributed by atoms with Gasteiger partial charge in [0.15, 0.2) is 0 Å². The van der Waals surface area contributed by atoms with Crippen molar-refractivity contribution in [1.82, 2.24) is 9.97 Å². The summed E-state index contributed by atoms with van der Waals surface area (Å²) in [6.07, 6.45) is 3.16. The van der Waals surface area contributed by atoms with E-state index in [0.29, 0.717) is 11.6 Å². The molecule has 17 heavy (non-hydrogen) atoms. The van der Waals surface area contributed by atoms with Gasteiger partial charge in [0.2, 0.25) is 0 Å². The quantitative estimate of drug-likeness (QED) is 0.675. The van der Waals surface area contributed by atoms with Crippen LogP contribution in [0.3, 0.4) is 0 Å². The summed E-state index contributed by atoms with van der Waals surface area (Å²) >= 11 is 1.00. The number of nitrogens with zero attached hydrogens (tertiary/aromatic N) is 2. The van der Waals surface area contributed by atoms with E-state index in [1.54, 1.807) is 18.5 Å². The topological polar surface area (TPSA) is 51.8 Å². The van der Waals surface area contributed by atoms with Crippen LogP contribution in [0.5, 0.6) is 0 Å². The highest BCUT2D eigenvalue weighted by atomic mass is 32.2. The van der Waals surface area contributed by atoms with Crippen LogP contribution >= 0.6 is 11.8 Å². The van der Waals surface area contributed by atoms with Gasteiger partial charge < -0.3 is 5.73 Å². The number of anilines is 1. The molecule has 2 aromatic rings. The van der Waals surface area contributed by atoms with E-state index >= 15 is 0 Å². The number of rotatable bonds is 3. The lowest BCUT2D eigenvalue weighted by Crippen LogP contribution is -1.95. The Morgan fingerprint density at radius 3 is 2.29 bits per heavy atom. The number of aromatic nitrogens is 2. The largest absolute Gasteiger partial charge is 0.399 e. The van der Waals surface area contributed by atoms with Crippen LogP contribution in [0.1, 0.15) is 5.82 Å². The first kappa shape index (κ1) is 11.8. The second-order valence-electron chi connectivity index (χ2n) is 3.27. The van der Waals surface area contributed by atoms with Crippen molar-refractivity contribution in [3.8, 4) is 0 Å². The zero-order valence-electron chi connectivity index (χ0n) is 8.73. The molecular weight excluding hydrogens is 244 g/mol. The molecule has 0 saturated heterocycles. The monoisotopic (exact) mass is 253 g/mol. The molecule has 0 bridgehead atoms. The van der Waals surface area contributed by atoms with Gasteiger partial charge in [0.05, 0.1) is 10.6 Å². The van der Waals surface area contributed by atoms with Crippen molar-refractivity contribution in [1.29, 1.82) is 0 Å². The minimum Gasteiger partial charge on any atom is -0.399 e. The highest BCUT2D eigenvalue weighted by Gasteiger charge is 2.11. The molecule has 0 aliphatic rings. The maximum Gasteiger partial charge on any atom is 0.141 e. The Hall–Kier alpha value is -1.69. The molecule has 0 atom stereocenters. The van der Waals surface area contributed by atoms with Crippen LogP contribution in [-0.2, 0) is 5.75 Å². The second kappa shape index (κ2) is 5.09. The van der Waals surface area contributed by atoms with Crippen molar-refractivity contribution >= 4 is 17.4 Å². The van der Waals surface area contributed by atoms with Crippen LogP contribution in [-0.4, -0.2) is 9.97 Å². The third kappa shape index (κ3) is 2.91. The summed E-state index contributed by atoms with van der Waals surface area (Å²) in [5.41, 5.74) is 5.39. The van der Waals surface area contributed by atoms with Crippen LogP contribution in [0.15, 0.2) is 35.5 Å². The average molecular weight is 253 g/mol. The molecule has 2 rings (SSSR count). The molecule has 2 N–H and O–H groups in total. The molecule has 0 unspecified atom stereocenters. The summed E-state index contributed by atoms with van der Waals surface area (Å²) in [7, 11) is 0. The number of hydrogen-bond donors (Lipinski definition) is 1. The predicted octanol–water partition coefficient (Wildman–Crippen LogP) is 2.63. The summed E-state index contributed by atoms with van der Waals surface area (Å²) in [6.45, 7) is 0. The number of nitrogens with two attached hydrogens (primary N) is 1. The minimum absolute atomic E-state index is 0.0633. The number of benzene rings is 1. The van der Waals surface area contributed by atoms with E-state index in [1.807, 2.05) is 0 Å². The maximum absolute atomic E-state index is 13.4. The smallest absolute Gasteiger partial charge is 0.141 e. The Morgan fingerprint density at radius 1 is 1.12 bits per heavy atom. The maximum atomic E-state index is 13.4. The van der Waals surface area contributed by atoms with Crippen LogP contribution in [0, 0.1) is 11.6 Å². The third-order valence-corrected chi connectivity index (χ3v) is 3.07. The lowest BCUT2D eigenvalue weighted by atomic mass is 10.3. The summed E-state index contributed by atoms with van der Waals surface area (Å²) in [5, 5.41) is 0. The lowest BCUT2D eigenvalue weighted by Gasteiger charge is -2.05. The van der Waals surface area contributed by atoms with E-state index in [4.69, 9.17) is 5.73 Å². The van der Waals surface area contributed by atoms with Crippen LogP contribution in [0.4, 0.5) is 14.5 Å². The first-order valence-corrected chi connectivity index (χ1v) is 5.78.